The summed E-state index contributed by atoms with van der Waals surface area (Å²) >= 11 is 1.10. The highest BCUT2D eigenvalue weighted by Gasteiger charge is 2.40. The number of fused-ring (bicyclic) bond motifs is 1. The molecule has 0 saturated heterocycles. The molecule has 1 aromatic carbocycles. The van der Waals surface area contributed by atoms with Crippen molar-refractivity contribution in [3.63, 3.8) is 0 Å². The quantitative estimate of drug-likeness (QED) is 0.0387. The molecule has 4 unspecified atom stereocenters. The van der Waals surface area contributed by atoms with Crippen LogP contribution in [0.5, 0.6) is 0 Å². The molecule has 0 spiro atoms. The highest BCUT2D eigenvalue weighted by Crippen LogP contribution is 2.46. The molecule has 4 saturated carbocycles. The van der Waals surface area contributed by atoms with Crippen LogP contribution in [0.1, 0.15) is 166 Å². The number of para-hydroxylation sites is 1. The minimum Gasteiger partial charge on any atom is -0.361 e. The first-order chi connectivity index (χ1) is 25.7. The van der Waals surface area contributed by atoms with E-state index in [0.29, 0.717) is 25.0 Å². The second-order valence-electron chi connectivity index (χ2n) is 17.4. The van der Waals surface area contributed by atoms with Crippen LogP contribution < -0.4 is 21.3 Å². The Bertz CT molecular complexity index is 1280. The fraction of sp³-hybridized carbons (Fsp3) is 0.795. The van der Waals surface area contributed by atoms with Crippen molar-refractivity contribution in [3.05, 3.63) is 36.0 Å². The van der Waals surface area contributed by atoms with Gasteiger partial charge in [0.05, 0.1) is 24.9 Å². The summed E-state index contributed by atoms with van der Waals surface area (Å²) in [6.07, 6.45) is 36.3. The van der Waals surface area contributed by atoms with Crippen LogP contribution in [-0.4, -0.2) is 35.6 Å². The Hall–Kier alpha value is -1.58. The fourth-order valence-electron chi connectivity index (χ4n) is 10.7. The van der Waals surface area contributed by atoms with E-state index in [9.17, 15) is 4.79 Å². The number of aromatic nitrogens is 1. The van der Waals surface area contributed by atoms with Gasteiger partial charge in [0, 0.05) is 29.2 Å². The molecule has 0 bridgehead atoms. The molecule has 0 aliphatic heterocycles. The summed E-state index contributed by atoms with van der Waals surface area (Å²) < 4.78 is 5.63. The van der Waals surface area contributed by atoms with E-state index in [1.165, 1.54) is 152 Å². The van der Waals surface area contributed by atoms with Crippen LogP contribution in [0.25, 0.3) is 10.9 Å². The first kappa shape index (κ1) is 40.1. The van der Waals surface area contributed by atoms with Gasteiger partial charge in [-0.1, -0.05) is 134 Å². The Balaban J connectivity index is 1.14. The van der Waals surface area contributed by atoms with Gasteiger partial charge in [-0.25, -0.2) is 0 Å². The predicted octanol–water partition coefficient (Wildman–Crippen LogP) is 10.5. The van der Waals surface area contributed by atoms with Gasteiger partial charge in [0.15, 0.2) is 0 Å². The minimum absolute atomic E-state index is 0.169. The molecule has 1 aromatic heterocycles. The van der Waals surface area contributed by atoms with E-state index in [1.54, 1.807) is 0 Å². The van der Waals surface area contributed by atoms with Gasteiger partial charge in [-0.05, 0) is 92.6 Å². The van der Waals surface area contributed by atoms with Gasteiger partial charge in [0.2, 0.25) is 5.91 Å². The third-order valence-electron chi connectivity index (χ3n) is 14.0. The lowest BCUT2D eigenvalue weighted by Crippen LogP contribution is -2.57. The van der Waals surface area contributed by atoms with Gasteiger partial charge >= 0.3 is 0 Å². The van der Waals surface area contributed by atoms with Gasteiger partial charge in [0.25, 0.3) is 0 Å². The molecule has 2 aromatic rings. The summed E-state index contributed by atoms with van der Waals surface area (Å²) in [4.78, 5) is 20.7. The molecular weight excluding hydrogens is 663 g/mol. The molecule has 4 aliphatic rings. The summed E-state index contributed by atoms with van der Waals surface area (Å²) in [6.45, 7) is 0.625. The lowest BCUT2D eigenvalue weighted by molar-refractivity contribution is -0.124. The van der Waals surface area contributed by atoms with Crippen LogP contribution in [0, 0.1) is 29.6 Å². The highest BCUT2D eigenvalue weighted by molar-refractivity contribution is 7.92. The monoisotopic (exact) mass is 736 g/mol. The van der Waals surface area contributed by atoms with Gasteiger partial charge in [-0.15, -0.1) is 0 Å². The van der Waals surface area contributed by atoms with E-state index >= 15 is 0 Å². The molecule has 4 fully saturated rings. The fourth-order valence-corrected chi connectivity index (χ4v) is 11.0. The van der Waals surface area contributed by atoms with E-state index in [4.69, 9.17) is 10.0 Å². The first-order valence-corrected chi connectivity index (χ1v) is 22.8. The molecule has 1 heterocycles. The topological polar surface area (TPSA) is 104 Å². The van der Waals surface area contributed by atoms with E-state index in [1.807, 2.05) is 0 Å². The van der Waals surface area contributed by atoms with Crippen LogP contribution in [0.4, 0.5) is 0 Å². The van der Waals surface area contributed by atoms with E-state index in [2.05, 4.69) is 50.9 Å². The lowest BCUT2D eigenvalue weighted by atomic mass is 9.62. The molecule has 52 heavy (non-hydrogen) atoms. The van der Waals surface area contributed by atoms with Crippen LogP contribution in [0.3, 0.4) is 0 Å². The molecule has 0 radical (unpaired) electrons. The Labute approximate surface area is 320 Å². The van der Waals surface area contributed by atoms with E-state index in [0.717, 1.165) is 60.7 Å². The summed E-state index contributed by atoms with van der Waals surface area (Å²) in [5.74, 6) is 9.56. The van der Waals surface area contributed by atoms with Gasteiger partial charge in [-0.3, -0.25) is 10.6 Å². The van der Waals surface area contributed by atoms with Crippen molar-refractivity contribution >= 4 is 29.0 Å². The number of benzene rings is 1. The van der Waals surface area contributed by atoms with Crippen LogP contribution in [-0.2, 0) is 15.4 Å². The van der Waals surface area contributed by atoms with Gasteiger partial charge in [0.1, 0.15) is 0 Å². The molecule has 292 valence electrons. The second-order valence-corrected chi connectivity index (χ2v) is 18.0. The largest absolute Gasteiger partial charge is 0.361 e. The molecule has 6 rings (SSSR count). The lowest BCUT2D eigenvalue weighted by Gasteiger charge is -2.45. The number of hydrogen-bond acceptors (Lipinski definition) is 6. The maximum Gasteiger partial charge on any atom is 0.237 e. The Morgan fingerprint density at radius 3 is 2.00 bits per heavy atom. The molecule has 6 atom stereocenters. The number of H-pyrrole nitrogens is 1. The first-order valence-electron chi connectivity index (χ1n) is 22.0. The molecule has 8 heteroatoms. The van der Waals surface area contributed by atoms with Crippen molar-refractivity contribution in [1.82, 2.24) is 20.4 Å². The van der Waals surface area contributed by atoms with Crippen molar-refractivity contribution in [2.24, 2.45) is 35.4 Å². The van der Waals surface area contributed by atoms with Crippen molar-refractivity contribution in [1.29, 1.82) is 0 Å². The van der Waals surface area contributed by atoms with Crippen molar-refractivity contribution in [3.8, 4) is 0 Å². The number of aromatic amines is 1. The van der Waals surface area contributed by atoms with Crippen LogP contribution in [0.15, 0.2) is 30.5 Å². The van der Waals surface area contributed by atoms with E-state index in [-0.39, 0.29) is 18.0 Å². The molecule has 1 amide bonds. The predicted molar refractivity (Wildman–Crippen MR) is 218 cm³/mol. The molecular formula is C44H73N5O2S. The zero-order chi connectivity index (χ0) is 35.8. The maximum atomic E-state index is 14.7. The second kappa shape index (κ2) is 22.1. The summed E-state index contributed by atoms with van der Waals surface area (Å²) in [5, 5.41) is 8.98. The highest BCUT2D eigenvalue weighted by atomic mass is 32.2. The molecule has 6 N–H and O–H groups in total. The van der Waals surface area contributed by atoms with Gasteiger partial charge in [-0.2, -0.15) is 4.83 Å². The van der Waals surface area contributed by atoms with Crippen molar-refractivity contribution in [2.45, 2.75) is 185 Å². The van der Waals surface area contributed by atoms with Crippen molar-refractivity contribution < 1.29 is 8.98 Å². The van der Waals surface area contributed by atoms with Gasteiger partial charge < -0.3 is 19.8 Å². The number of amides is 1. The number of nitrogens with two attached hydrogens (primary N) is 1. The smallest absolute Gasteiger partial charge is 0.237 e. The van der Waals surface area contributed by atoms with E-state index < -0.39 is 0 Å². The zero-order valence-corrected chi connectivity index (χ0v) is 33.2. The number of hydrogen-bond donors (Lipinski definition) is 5. The zero-order valence-electron chi connectivity index (χ0n) is 32.4. The number of carbonyl (C=O) groups excluding carboxylic acids is 1. The SMILES string of the molecule is NNSOCCC[C@H](CC1CCC1C1CCCCCCCCC1)NC(=O)[C@H](Cc1c[nH]c2ccccc12)NC1CCC1C1CCCCCCCCC1. The Morgan fingerprint density at radius 1 is 0.788 bits per heavy atom. The average molecular weight is 736 g/mol. The standard InChI is InChI=1S/C44H73N5O2S/c45-49-52-51-29-17-22-37(30-35-25-26-38(35)33-18-11-7-3-1-4-8-12-19-33)47-44(50)43(31-36-32-46-41-24-16-15-23-39(36)41)48-42-28-27-40(42)34-20-13-9-5-2-6-10-14-21-34/h15-16,23-24,32-35,37-38,40,42-43,46,48-49H,1-14,17-22,25-31,45H2,(H,47,50)/t35?,37-,38?,40?,42?,43+/m1/s1. The number of hydrazine groups is 1. The average Bonchev–Trinajstić information content (AvgIpc) is 3.55. The molecule has 7 nitrogen and oxygen atoms in total. The third kappa shape index (κ3) is 12.0. The normalized spacial score (nSPS) is 27.2. The molecule has 4 aliphatic carbocycles. The minimum atomic E-state index is -0.238. The van der Waals surface area contributed by atoms with Crippen LogP contribution >= 0.6 is 12.2 Å². The van der Waals surface area contributed by atoms with Crippen LogP contribution in [0.2, 0.25) is 0 Å². The number of carbonyl (C=O) groups is 1. The maximum absolute atomic E-state index is 14.7. The summed E-state index contributed by atoms with van der Waals surface area (Å²) in [5.41, 5.74) is 2.39. The summed E-state index contributed by atoms with van der Waals surface area (Å²) in [6, 6.07) is 8.93. The number of nitrogens with one attached hydrogen (secondary N) is 4. The Morgan fingerprint density at radius 2 is 1.40 bits per heavy atom. The summed E-state index contributed by atoms with van der Waals surface area (Å²) in [7, 11) is 0. The number of rotatable bonds is 16. The Kier molecular flexibility index (Phi) is 17.0. The third-order valence-corrected chi connectivity index (χ3v) is 14.3. The van der Waals surface area contributed by atoms with Crippen molar-refractivity contribution in [2.75, 3.05) is 6.61 Å².